The number of furan rings is 1. The van der Waals surface area contributed by atoms with E-state index in [1.54, 1.807) is 17.8 Å². The molecule has 0 bridgehead atoms. The summed E-state index contributed by atoms with van der Waals surface area (Å²) in [6, 6.07) is 5.04. The van der Waals surface area contributed by atoms with Crippen molar-refractivity contribution in [1.29, 1.82) is 0 Å². The predicted octanol–water partition coefficient (Wildman–Crippen LogP) is 2.93. The van der Waals surface area contributed by atoms with Gasteiger partial charge in [0.1, 0.15) is 0 Å². The van der Waals surface area contributed by atoms with Crippen LogP contribution in [0.1, 0.15) is 28.7 Å². The fourth-order valence-corrected chi connectivity index (χ4v) is 5.14. The molecule has 0 aromatic carbocycles. The zero-order valence-corrected chi connectivity index (χ0v) is 16.5. The Kier molecular flexibility index (Phi) is 4.88. The lowest BCUT2D eigenvalue weighted by atomic mass is 10.2. The Bertz CT molecular complexity index is 1040. The highest BCUT2D eigenvalue weighted by Crippen LogP contribution is 2.32. The van der Waals surface area contributed by atoms with Gasteiger partial charge < -0.3 is 9.73 Å². The number of amides is 1. The first-order valence-corrected chi connectivity index (χ1v) is 10.3. The Hall–Kier alpha value is -2.39. The Morgan fingerprint density at radius 2 is 2.26 bits per heavy atom. The Morgan fingerprint density at radius 1 is 1.41 bits per heavy atom. The molecule has 1 unspecified atom stereocenters. The van der Waals surface area contributed by atoms with E-state index in [2.05, 4.69) is 15.3 Å². The van der Waals surface area contributed by atoms with Gasteiger partial charge in [-0.15, -0.1) is 11.3 Å². The third-order valence-electron chi connectivity index (χ3n) is 4.31. The van der Waals surface area contributed by atoms with Crippen molar-refractivity contribution in [3.05, 3.63) is 51.1 Å². The molecule has 0 fully saturated rings. The third kappa shape index (κ3) is 3.70. The Balaban J connectivity index is 1.40. The number of aryl methyl sites for hydroxylation is 2. The number of fused-ring (bicyclic) bond motifs is 1. The zero-order valence-electron chi connectivity index (χ0n) is 14.9. The highest BCUT2D eigenvalue weighted by Gasteiger charge is 2.27. The first kappa shape index (κ1) is 18.0. The molecule has 9 heteroatoms. The van der Waals surface area contributed by atoms with E-state index in [0.717, 1.165) is 21.3 Å². The summed E-state index contributed by atoms with van der Waals surface area (Å²) in [5.41, 5.74) is 1.49. The smallest absolute Gasteiger partial charge is 0.254 e. The first-order valence-electron chi connectivity index (χ1n) is 8.51. The van der Waals surface area contributed by atoms with Gasteiger partial charge in [-0.05, 0) is 26.0 Å². The lowest BCUT2D eigenvalue weighted by molar-refractivity contribution is -0.121. The van der Waals surface area contributed by atoms with Crippen LogP contribution >= 0.6 is 23.1 Å². The van der Waals surface area contributed by atoms with Crippen molar-refractivity contribution in [2.45, 2.75) is 38.0 Å². The van der Waals surface area contributed by atoms with Gasteiger partial charge in [-0.2, -0.15) is 0 Å². The third-order valence-corrected chi connectivity index (χ3v) is 6.58. The fraction of sp³-hybridized carbons (Fsp3) is 0.333. The minimum atomic E-state index is -0.160. The molecular weight excluding hydrogens is 384 g/mol. The standard InChI is InChI=1S/C18H18N4O3S2/c1-10-6-16(24)22-12(9-26-18(22)20-10)7-15(23)19-8-14-11(2)21-17(27-14)13-4-3-5-25-13/h3-6,12H,7-9H2,1-2H3,(H,19,23). The molecule has 3 aromatic heterocycles. The van der Waals surface area contributed by atoms with Crippen LogP contribution in [0.4, 0.5) is 0 Å². The number of carbonyl (C=O) groups excluding carboxylic acids is 1. The van der Waals surface area contributed by atoms with Crippen LogP contribution in [0.15, 0.2) is 38.8 Å². The molecule has 0 saturated carbocycles. The summed E-state index contributed by atoms with van der Waals surface area (Å²) < 4.78 is 7.00. The van der Waals surface area contributed by atoms with Crippen molar-refractivity contribution >= 4 is 29.0 Å². The lowest BCUT2D eigenvalue weighted by Crippen LogP contribution is -2.30. The largest absolute Gasteiger partial charge is 0.462 e. The van der Waals surface area contributed by atoms with Gasteiger partial charge in [-0.25, -0.2) is 9.97 Å². The van der Waals surface area contributed by atoms with E-state index in [9.17, 15) is 9.59 Å². The van der Waals surface area contributed by atoms with Crippen LogP contribution in [0.2, 0.25) is 0 Å². The molecule has 0 radical (unpaired) electrons. The molecule has 0 spiro atoms. The van der Waals surface area contributed by atoms with Gasteiger partial charge >= 0.3 is 0 Å². The molecule has 1 atom stereocenters. The Morgan fingerprint density at radius 3 is 3.04 bits per heavy atom. The van der Waals surface area contributed by atoms with Gasteiger partial charge in [0, 0.05) is 28.8 Å². The maximum atomic E-state index is 12.4. The van der Waals surface area contributed by atoms with E-state index in [0.29, 0.717) is 23.1 Å². The van der Waals surface area contributed by atoms with Crippen molar-refractivity contribution in [3.63, 3.8) is 0 Å². The summed E-state index contributed by atoms with van der Waals surface area (Å²) in [6.07, 6.45) is 1.87. The average Bonchev–Trinajstić information content (AvgIpc) is 3.33. The summed E-state index contributed by atoms with van der Waals surface area (Å²) in [7, 11) is 0. The molecule has 4 rings (SSSR count). The average molecular weight is 403 g/mol. The molecule has 3 aromatic rings. The number of nitrogens with zero attached hydrogens (tertiary/aromatic N) is 3. The van der Waals surface area contributed by atoms with Gasteiger partial charge in [0.15, 0.2) is 15.9 Å². The second-order valence-electron chi connectivity index (χ2n) is 6.34. The van der Waals surface area contributed by atoms with Gasteiger partial charge in [-0.1, -0.05) is 11.8 Å². The van der Waals surface area contributed by atoms with Crippen molar-refractivity contribution < 1.29 is 9.21 Å². The molecule has 1 aliphatic rings. The van der Waals surface area contributed by atoms with E-state index >= 15 is 0 Å². The van der Waals surface area contributed by atoms with E-state index < -0.39 is 0 Å². The quantitative estimate of drug-likeness (QED) is 0.660. The van der Waals surface area contributed by atoms with Gasteiger partial charge in [0.05, 0.1) is 24.5 Å². The van der Waals surface area contributed by atoms with Gasteiger partial charge in [-0.3, -0.25) is 14.2 Å². The predicted molar refractivity (Wildman–Crippen MR) is 104 cm³/mol. The molecule has 140 valence electrons. The number of hydrogen-bond acceptors (Lipinski definition) is 7. The van der Waals surface area contributed by atoms with Crippen LogP contribution in [-0.4, -0.2) is 26.2 Å². The highest BCUT2D eigenvalue weighted by molar-refractivity contribution is 7.99. The molecule has 1 N–H and O–H groups in total. The van der Waals surface area contributed by atoms with Crippen molar-refractivity contribution in [2.24, 2.45) is 0 Å². The number of nitrogens with one attached hydrogen (secondary N) is 1. The summed E-state index contributed by atoms with van der Waals surface area (Å²) >= 11 is 3.02. The van der Waals surface area contributed by atoms with Crippen LogP contribution in [0.3, 0.4) is 0 Å². The van der Waals surface area contributed by atoms with Crippen LogP contribution in [0.5, 0.6) is 0 Å². The number of thioether (sulfide) groups is 1. The molecule has 7 nitrogen and oxygen atoms in total. The van der Waals surface area contributed by atoms with Crippen LogP contribution in [-0.2, 0) is 11.3 Å². The summed E-state index contributed by atoms with van der Waals surface area (Å²) in [5, 5.41) is 4.44. The zero-order chi connectivity index (χ0) is 19.0. The molecule has 27 heavy (non-hydrogen) atoms. The number of carbonyl (C=O) groups is 1. The summed E-state index contributed by atoms with van der Waals surface area (Å²) in [6.45, 7) is 4.13. The van der Waals surface area contributed by atoms with Crippen molar-refractivity contribution in [1.82, 2.24) is 19.9 Å². The SMILES string of the molecule is Cc1cc(=O)n2c(n1)SCC2CC(=O)NCc1sc(-c2ccco2)nc1C. The normalized spacial score (nSPS) is 15.7. The molecular formula is C18H18N4O3S2. The molecule has 0 saturated heterocycles. The molecule has 4 heterocycles. The van der Waals surface area contributed by atoms with E-state index in [4.69, 9.17) is 4.42 Å². The minimum absolute atomic E-state index is 0.0896. The van der Waals surface area contributed by atoms with Crippen LogP contribution in [0.25, 0.3) is 10.8 Å². The molecule has 0 aliphatic carbocycles. The Labute approximate surface area is 163 Å². The highest BCUT2D eigenvalue weighted by atomic mass is 32.2. The van der Waals surface area contributed by atoms with Gasteiger partial charge in [0.2, 0.25) is 5.91 Å². The van der Waals surface area contributed by atoms with Crippen molar-refractivity contribution in [2.75, 3.05) is 5.75 Å². The summed E-state index contributed by atoms with van der Waals surface area (Å²) in [5.74, 6) is 1.32. The monoisotopic (exact) mass is 402 g/mol. The lowest BCUT2D eigenvalue weighted by Gasteiger charge is -2.13. The topological polar surface area (TPSA) is 90.0 Å². The van der Waals surface area contributed by atoms with E-state index in [1.165, 1.54) is 29.2 Å². The minimum Gasteiger partial charge on any atom is -0.462 e. The second kappa shape index (κ2) is 7.32. The fourth-order valence-electron chi connectivity index (χ4n) is 2.98. The van der Waals surface area contributed by atoms with Crippen LogP contribution in [0, 0.1) is 13.8 Å². The van der Waals surface area contributed by atoms with E-state index in [1.807, 2.05) is 19.1 Å². The summed E-state index contributed by atoms with van der Waals surface area (Å²) in [4.78, 5) is 34.5. The maximum absolute atomic E-state index is 12.4. The molecule has 1 aliphatic heterocycles. The first-order chi connectivity index (χ1) is 13.0. The number of rotatable bonds is 5. The molecule has 1 amide bonds. The van der Waals surface area contributed by atoms with Crippen LogP contribution < -0.4 is 10.9 Å². The second-order valence-corrected chi connectivity index (χ2v) is 8.41. The number of aromatic nitrogens is 3. The maximum Gasteiger partial charge on any atom is 0.254 e. The van der Waals surface area contributed by atoms with Gasteiger partial charge in [0.25, 0.3) is 5.56 Å². The van der Waals surface area contributed by atoms with Crippen molar-refractivity contribution in [3.8, 4) is 10.8 Å². The number of hydrogen-bond donors (Lipinski definition) is 1. The van der Waals surface area contributed by atoms with E-state index in [-0.39, 0.29) is 23.9 Å². The number of thiazole rings is 1.